The highest BCUT2D eigenvalue weighted by Gasteiger charge is 2.35. The summed E-state index contributed by atoms with van der Waals surface area (Å²) in [6.45, 7) is 1.25. The van der Waals surface area contributed by atoms with Crippen molar-refractivity contribution in [1.82, 2.24) is 5.32 Å². The number of amides is 1. The van der Waals surface area contributed by atoms with Crippen LogP contribution in [0.1, 0.15) is 44.1 Å². The van der Waals surface area contributed by atoms with Crippen molar-refractivity contribution >= 4 is 18.3 Å². The number of carbonyl (C=O) groups is 1. The summed E-state index contributed by atoms with van der Waals surface area (Å²) >= 11 is 0. The van der Waals surface area contributed by atoms with Crippen LogP contribution in [0, 0.1) is 0 Å². The van der Waals surface area contributed by atoms with Crippen molar-refractivity contribution in [2.24, 2.45) is 5.73 Å². The van der Waals surface area contributed by atoms with Gasteiger partial charge in [0.1, 0.15) is 0 Å². The molecule has 1 aromatic carbocycles. The molecule has 1 aliphatic heterocycles. The minimum atomic E-state index is -0.229. The molecular weight excluding hydrogens is 356 g/mol. The highest BCUT2D eigenvalue weighted by Crippen LogP contribution is 2.43. The first-order chi connectivity index (χ1) is 12.2. The molecule has 3 rings (SSSR count). The number of methoxy groups -OCH3 is 1. The van der Waals surface area contributed by atoms with Crippen molar-refractivity contribution in [2.45, 2.75) is 50.0 Å². The Labute approximate surface area is 161 Å². The first kappa shape index (κ1) is 20.8. The smallest absolute Gasteiger partial charge is 0.231 e. The van der Waals surface area contributed by atoms with Crippen LogP contribution in [0.4, 0.5) is 0 Å². The lowest BCUT2D eigenvalue weighted by Crippen LogP contribution is -2.43. The second-order valence-electron chi connectivity index (χ2n) is 6.98. The van der Waals surface area contributed by atoms with Gasteiger partial charge in [0.05, 0.1) is 12.5 Å². The summed E-state index contributed by atoms with van der Waals surface area (Å²) < 4.78 is 16.2. The molecule has 1 fully saturated rings. The Hall–Kier alpha value is -1.50. The lowest BCUT2D eigenvalue weighted by atomic mass is 9.69. The van der Waals surface area contributed by atoms with Crippen LogP contribution < -0.4 is 20.5 Å². The average Bonchev–Trinajstić information content (AvgIpc) is 3.13. The van der Waals surface area contributed by atoms with Crippen LogP contribution >= 0.6 is 12.4 Å². The van der Waals surface area contributed by atoms with Gasteiger partial charge in [-0.15, -0.1) is 12.4 Å². The zero-order valence-corrected chi connectivity index (χ0v) is 16.1. The van der Waals surface area contributed by atoms with Gasteiger partial charge >= 0.3 is 0 Å². The van der Waals surface area contributed by atoms with Gasteiger partial charge in [-0.1, -0.05) is 25.3 Å². The molecule has 0 aromatic heterocycles. The third kappa shape index (κ3) is 4.61. The molecule has 1 unspecified atom stereocenters. The van der Waals surface area contributed by atoms with Gasteiger partial charge < -0.3 is 25.3 Å². The first-order valence-corrected chi connectivity index (χ1v) is 9.06. The molecule has 26 heavy (non-hydrogen) atoms. The Morgan fingerprint density at radius 2 is 2.00 bits per heavy atom. The molecule has 1 aliphatic carbocycles. The van der Waals surface area contributed by atoms with Crippen molar-refractivity contribution in [3.05, 3.63) is 23.8 Å². The van der Waals surface area contributed by atoms with E-state index in [0.717, 1.165) is 24.3 Å². The standard InChI is InChI=1S/C19H28N2O4.ClH/c1-23-15(11-20)10-18(22)21-12-19(7-3-2-4-8-19)14-5-6-16-17(9-14)25-13-24-16;/h5-6,9,15H,2-4,7-8,10-13,20H2,1H3,(H,21,22);1H. The van der Waals surface area contributed by atoms with Crippen LogP contribution in [0.2, 0.25) is 0 Å². The number of ether oxygens (including phenoxy) is 3. The number of fused-ring (bicyclic) bond motifs is 1. The molecule has 7 heteroatoms. The SMILES string of the molecule is COC(CN)CC(=O)NCC1(c2ccc3c(c2)OCO3)CCCCC1.Cl. The van der Waals surface area contributed by atoms with Crippen LogP contribution in [0.5, 0.6) is 11.5 Å². The topological polar surface area (TPSA) is 82.8 Å². The van der Waals surface area contributed by atoms with Crippen LogP contribution in [0.15, 0.2) is 18.2 Å². The summed E-state index contributed by atoms with van der Waals surface area (Å²) in [5.41, 5.74) is 6.79. The number of carbonyl (C=O) groups excluding carboxylic acids is 1. The molecule has 1 saturated carbocycles. The minimum absolute atomic E-state index is 0. The van der Waals surface area contributed by atoms with Crippen LogP contribution in [0.3, 0.4) is 0 Å². The summed E-state index contributed by atoms with van der Waals surface area (Å²) in [6.07, 6.45) is 5.80. The zero-order chi connectivity index (χ0) is 17.7. The summed E-state index contributed by atoms with van der Waals surface area (Å²) in [5, 5.41) is 3.11. The van der Waals surface area contributed by atoms with Gasteiger partial charge in [0, 0.05) is 25.6 Å². The van der Waals surface area contributed by atoms with Gasteiger partial charge in [0.25, 0.3) is 0 Å². The number of hydrogen-bond acceptors (Lipinski definition) is 5. The predicted octanol–water partition coefficient (Wildman–Crippen LogP) is 2.52. The summed E-state index contributed by atoms with van der Waals surface area (Å²) in [5.74, 6) is 1.59. The number of nitrogens with one attached hydrogen (secondary N) is 1. The Kier molecular flexibility index (Phi) is 7.55. The molecule has 2 aliphatic rings. The molecule has 1 aromatic rings. The minimum Gasteiger partial charge on any atom is -0.454 e. The molecule has 1 atom stereocenters. The molecule has 0 radical (unpaired) electrons. The Bertz CT molecular complexity index is 601. The van der Waals surface area contributed by atoms with E-state index in [-0.39, 0.29) is 36.6 Å². The van der Waals surface area contributed by atoms with E-state index < -0.39 is 0 Å². The van der Waals surface area contributed by atoms with Gasteiger partial charge in [0.15, 0.2) is 11.5 Å². The summed E-state index contributed by atoms with van der Waals surface area (Å²) in [6, 6.07) is 6.17. The fraction of sp³-hybridized carbons (Fsp3) is 0.632. The van der Waals surface area contributed by atoms with E-state index in [4.69, 9.17) is 19.9 Å². The van der Waals surface area contributed by atoms with E-state index in [2.05, 4.69) is 17.4 Å². The Morgan fingerprint density at radius 1 is 1.27 bits per heavy atom. The normalized spacial score (nSPS) is 18.7. The molecule has 0 saturated heterocycles. The Morgan fingerprint density at radius 3 is 2.69 bits per heavy atom. The van der Waals surface area contributed by atoms with E-state index in [0.29, 0.717) is 19.5 Å². The van der Waals surface area contributed by atoms with Gasteiger partial charge in [-0.3, -0.25) is 4.79 Å². The lowest BCUT2D eigenvalue weighted by molar-refractivity contribution is -0.123. The van der Waals surface area contributed by atoms with Crippen molar-refractivity contribution in [2.75, 3.05) is 27.0 Å². The third-order valence-electron chi connectivity index (χ3n) is 5.43. The van der Waals surface area contributed by atoms with Crippen molar-refractivity contribution in [1.29, 1.82) is 0 Å². The molecule has 1 amide bonds. The van der Waals surface area contributed by atoms with Gasteiger partial charge in [-0.05, 0) is 30.5 Å². The fourth-order valence-electron chi connectivity index (χ4n) is 3.83. The van der Waals surface area contributed by atoms with Gasteiger partial charge in [0.2, 0.25) is 12.7 Å². The maximum atomic E-state index is 12.3. The number of rotatable bonds is 7. The van der Waals surface area contributed by atoms with E-state index in [1.165, 1.54) is 24.8 Å². The second-order valence-corrected chi connectivity index (χ2v) is 6.98. The Balaban J connectivity index is 0.00000243. The maximum Gasteiger partial charge on any atom is 0.231 e. The molecular formula is C19H29ClN2O4. The van der Waals surface area contributed by atoms with Crippen molar-refractivity contribution < 1.29 is 19.0 Å². The predicted molar refractivity (Wildman–Crippen MR) is 102 cm³/mol. The number of halogens is 1. The van der Waals surface area contributed by atoms with Crippen molar-refractivity contribution in [3.8, 4) is 11.5 Å². The quantitative estimate of drug-likeness (QED) is 0.754. The lowest BCUT2D eigenvalue weighted by Gasteiger charge is -2.38. The molecule has 3 N–H and O–H groups in total. The van der Waals surface area contributed by atoms with E-state index >= 15 is 0 Å². The number of hydrogen-bond donors (Lipinski definition) is 2. The second kappa shape index (κ2) is 9.44. The average molecular weight is 385 g/mol. The molecule has 0 bridgehead atoms. The fourth-order valence-corrected chi connectivity index (χ4v) is 3.83. The maximum absolute atomic E-state index is 12.3. The molecule has 0 spiro atoms. The largest absolute Gasteiger partial charge is 0.454 e. The summed E-state index contributed by atoms with van der Waals surface area (Å²) in [7, 11) is 1.58. The van der Waals surface area contributed by atoms with Gasteiger partial charge in [-0.2, -0.15) is 0 Å². The monoisotopic (exact) mass is 384 g/mol. The molecule has 146 valence electrons. The van der Waals surface area contributed by atoms with Crippen molar-refractivity contribution in [3.63, 3.8) is 0 Å². The molecule has 6 nitrogen and oxygen atoms in total. The van der Waals surface area contributed by atoms with E-state index in [1.807, 2.05) is 6.07 Å². The highest BCUT2D eigenvalue weighted by atomic mass is 35.5. The number of nitrogens with two attached hydrogens (primary N) is 1. The van der Waals surface area contributed by atoms with Crippen LogP contribution in [-0.4, -0.2) is 39.0 Å². The first-order valence-electron chi connectivity index (χ1n) is 9.06. The van der Waals surface area contributed by atoms with Gasteiger partial charge in [-0.25, -0.2) is 0 Å². The number of benzene rings is 1. The van der Waals surface area contributed by atoms with E-state index in [9.17, 15) is 4.79 Å². The van der Waals surface area contributed by atoms with Crippen LogP contribution in [-0.2, 0) is 14.9 Å². The highest BCUT2D eigenvalue weighted by molar-refractivity contribution is 5.85. The van der Waals surface area contributed by atoms with E-state index in [1.54, 1.807) is 7.11 Å². The zero-order valence-electron chi connectivity index (χ0n) is 15.3. The van der Waals surface area contributed by atoms with Crippen LogP contribution in [0.25, 0.3) is 0 Å². The summed E-state index contributed by atoms with van der Waals surface area (Å²) in [4.78, 5) is 12.3. The molecule has 1 heterocycles. The third-order valence-corrected chi connectivity index (χ3v) is 5.43.